The lowest BCUT2D eigenvalue weighted by molar-refractivity contribution is -0.0191. The molecule has 146 valence electrons. The summed E-state index contributed by atoms with van der Waals surface area (Å²) in [6.45, 7) is 6.39. The molecule has 2 aliphatic rings. The van der Waals surface area contributed by atoms with Gasteiger partial charge in [-0.1, -0.05) is 13.8 Å². The summed E-state index contributed by atoms with van der Waals surface area (Å²) in [4.78, 5) is 2.52. The van der Waals surface area contributed by atoms with Crippen LogP contribution >= 0.6 is 0 Å². The molecule has 0 amide bonds. The molecule has 0 unspecified atom stereocenters. The highest BCUT2D eigenvalue weighted by molar-refractivity contribution is 5.49. The van der Waals surface area contributed by atoms with Crippen LogP contribution in [0.25, 0.3) is 0 Å². The normalized spacial score (nSPS) is 25.7. The molecule has 1 aromatic carbocycles. The third-order valence-corrected chi connectivity index (χ3v) is 5.68. The number of methoxy groups -OCH3 is 1. The SMILES string of the molecule is COc1cc2c(cc1OCCCF)CCN1C[C@H](CC(C)C)[C@@H](O)C[C@@H]21. The first kappa shape index (κ1) is 19.4. The lowest BCUT2D eigenvalue weighted by Crippen LogP contribution is -2.48. The van der Waals surface area contributed by atoms with Gasteiger partial charge in [-0.05, 0) is 54.4 Å². The van der Waals surface area contributed by atoms with E-state index in [1.807, 2.05) is 0 Å². The van der Waals surface area contributed by atoms with E-state index in [1.54, 1.807) is 7.11 Å². The molecule has 0 saturated carbocycles. The van der Waals surface area contributed by atoms with E-state index in [4.69, 9.17) is 9.47 Å². The first-order valence-electron chi connectivity index (χ1n) is 9.85. The highest BCUT2D eigenvalue weighted by Crippen LogP contribution is 2.43. The number of hydrogen-bond donors (Lipinski definition) is 1. The number of piperidine rings is 1. The van der Waals surface area contributed by atoms with Crippen LogP contribution in [0.2, 0.25) is 0 Å². The smallest absolute Gasteiger partial charge is 0.161 e. The molecule has 0 bridgehead atoms. The second kappa shape index (κ2) is 8.57. The highest BCUT2D eigenvalue weighted by Gasteiger charge is 2.38. The summed E-state index contributed by atoms with van der Waals surface area (Å²) in [6, 6.07) is 4.36. The fraction of sp³-hybridized carbons (Fsp3) is 0.714. The van der Waals surface area contributed by atoms with Gasteiger partial charge in [0.05, 0.1) is 26.5 Å². The van der Waals surface area contributed by atoms with Crippen molar-refractivity contribution in [1.29, 1.82) is 0 Å². The summed E-state index contributed by atoms with van der Waals surface area (Å²) >= 11 is 0. The molecule has 26 heavy (non-hydrogen) atoms. The molecule has 1 aromatic rings. The average molecular weight is 365 g/mol. The van der Waals surface area contributed by atoms with Crippen LogP contribution in [0, 0.1) is 11.8 Å². The first-order chi connectivity index (χ1) is 12.5. The molecule has 3 rings (SSSR count). The number of aliphatic hydroxyl groups excluding tert-OH is 1. The Morgan fingerprint density at radius 3 is 2.81 bits per heavy atom. The van der Waals surface area contributed by atoms with Crippen LogP contribution in [0.5, 0.6) is 11.5 Å². The molecule has 0 spiro atoms. The van der Waals surface area contributed by atoms with Crippen LogP contribution in [-0.4, -0.2) is 49.6 Å². The molecule has 1 fully saturated rings. The summed E-state index contributed by atoms with van der Waals surface area (Å²) in [6.07, 6.45) is 2.95. The van der Waals surface area contributed by atoms with Crippen LogP contribution in [0.3, 0.4) is 0 Å². The molecule has 0 aromatic heterocycles. The molecule has 1 saturated heterocycles. The summed E-state index contributed by atoms with van der Waals surface area (Å²) < 4.78 is 23.6. The summed E-state index contributed by atoms with van der Waals surface area (Å²) in [7, 11) is 1.64. The van der Waals surface area contributed by atoms with Gasteiger partial charge in [0.2, 0.25) is 0 Å². The molecular weight excluding hydrogens is 333 g/mol. The van der Waals surface area contributed by atoms with Crippen molar-refractivity contribution in [2.75, 3.05) is 33.5 Å². The van der Waals surface area contributed by atoms with Gasteiger partial charge in [0, 0.05) is 25.6 Å². The van der Waals surface area contributed by atoms with Gasteiger partial charge in [-0.25, -0.2) is 0 Å². The Labute approximate surface area is 156 Å². The van der Waals surface area contributed by atoms with Gasteiger partial charge >= 0.3 is 0 Å². The summed E-state index contributed by atoms with van der Waals surface area (Å²) in [5, 5.41) is 10.7. The van der Waals surface area contributed by atoms with Gasteiger partial charge in [-0.2, -0.15) is 0 Å². The Morgan fingerprint density at radius 2 is 2.12 bits per heavy atom. The van der Waals surface area contributed by atoms with Crippen molar-refractivity contribution in [3.8, 4) is 11.5 Å². The molecule has 2 aliphatic heterocycles. The molecule has 1 N–H and O–H groups in total. The summed E-state index contributed by atoms with van der Waals surface area (Å²) in [5.41, 5.74) is 2.50. The zero-order valence-corrected chi connectivity index (χ0v) is 16.2. The third kappa shape index (κ3) is 4.15. The first-order valence-corrected chi connectivity index (χ1v) is 9.85. The topological polar surface area (TPSA) is 41.9 Å². The lowest BCUT2D eigenvalue weighted by atomic mass is 9.79. The Balaban J connectivity index is 1.80. The molecule has 5 heteroatoms. The van der Waals surface area contributed by atoms with Gasteiger partial charge in [0.1, 0.15) is 0 Å². The Hall–Kier alpha value is -1.33. The van der Waals surface area contributed by atoms with Crippen molar-refractivity contribution in [3.05, 3.63) is 23.3 Å². The fourth-order valence-electron chi connectivity index (χ4n) is 4.45. The second-order valence-corrected chi connectivity index (χ2v) is 8.05. The number of nitrogens with zero attached hydrogens (tertiary/aromatic N) is 1. The standard InChI is InChI=1S/C21H32FNO3/c1-14(2)9-16-13-23-7-5-15-10-21(26-8-4-6-22)20(25-3)11-17(15)18(23)12-19(16)24/h10-11,14,16,18-19,24H,4-9,12-13H2,1-3H3/t16-,18-,19-/m0/s1. The zero-order valence-electron chi connectivity index (χ0n) is 16.2. The minimum absolute atomic E-state index is 0.242. The van der Waals surface area contributed by atoms with E-state index in [-0.39, 0.29) is 18.8 Å². The predicted octanol–water partition coefficient (Wildman–Crippen LogP) is 3.76. The van der Waals surface area contributed by atoms with Crippen molar-refractivity contribution < 1.29 is 19.0 Å². The zero-order chi connectivity index (χ0) is 18.7. The predicted molar refractivity (Wildman–Crippen MR) is 101 cm³/mol. The Kier molecular flexibility index (Phi) is 6.41. The molecular formula is C21H32FNO3. The van der Waals surface area contributed by atoms with Crippen LogP contribution in [0.15, 0.2) is 12.1 Å². The Bertz CT molecular complexity index is 607. The van der Waals surface area contributed by atoms with Gasteiger partial charge in [-0.3, -0.25) is 9.29 Å². The van der Waals surface area contributed by atoms with E-state index in [0.29, 0.717) is 36.4 Å². The van der Waals surface area contributed by atoms with Crippen LogP contribution in [0.4, 0.5) is 4.39 Å². The summed E-state index contributed by atoms with van der Waals surface area (Å²) in [5.74, 6) is 2.36. The second-order valence-electron chi connectivity index (χ2n) is 8.05. The monoisotopic (exact) mass is 365 g/mol. The van der Waals surface area contributed by atoms with Gasteiger partial charge in [0.25, 0.3) is 0 Å². The van der Waals surface area contributed by atoms with Crippen molar-refractivity contribution in [2.45, 2.75) is 51.7 Å². The maximum Gasteiger partial charge on any atom is 0.161 e. The van der Waals surface area contributed by atoms with E-state index in [0.717, 1.165) is 32.4 Å². The highest BCUT2D eigenvalue weighted by atomic mass is 19.1. The molecule has 3 atom stereocenters. The van der Waals surface area contributed by atoms with E-state index in [2.05, 4.69) is 30.9 Å². The van der Waals surface area contributed by atoms with Crippen LogP contribution in [0.1, 0.15) is 50.3 Å². The maximum atomic E-state index is 12.3. The van der Waals surface area contributed by atoms with E-state index < -0.39 is 0 Å². The average Bonchev–Trinajstić information content (AvgIpc) is 2.61. The van der Waals surface area contributed by atoms with E-state index in [1.165, 1.54) is 11.1 Å². The van der Waals surface area contributed by atoms with Gasteiger partial charge < -0.3 is 14.6 Å². The number of halogens is 1. The minimum Gasteiger partial charge on any atom is -0.493 e. The molecule has 0 radical (unpaired) electrons. The number of ether oxygens (including phenoxy) is 2. The number of rotatable bonds is 7. The Morgan fingerprint density at radius 1 is 1.31 bits per heavy atom. The molecule has 2 heterocycles. The third-order valence-electron chi connectivity index (χ3n) is 5.68. The number of hydrogen-bond acceptors (Lipinski definition) is 4. The number of fused-ring (bicyclic) bond motifs is 3. The minimum atomic E-state index is -0.375. The van der Waals surface area contributed by atoms with Crippen molar-refractivity contribution in [2.24, 2.45) is 11.8 Å². The largest absolute Gasteiger partial charge is 0.493 e. The van der Waals surface area contributed by atoms with Crippen LogP contribution < -0.4 is 9.47 Å². The number of benzene rings is 1. The van der Waals surface area contributed by atoms with Crippen LogP contribution in [-0.2, 0) is 6.42 Å². The van der Waals surface area contributed by atoms with Crippen molar-refractivity contribution >= 4 is 0 Å². The van der Waals surface area contributed by atoms with Crippen molar-refractivity contribution in [1.82, 2.24) is 4.90 Å². The number of aliphatic hydroxyl groups is 1. The molecule has 0 aliphatic carbocycles. The van der Waals surface area contributed by atoms with E-state index >= 15 is 0 Å². The fourth-order valence-corrected chi connectivity index (χ4v) is 4.45. The number of alkyl halides is 1. The molecule has 4 nitrogen and oxygen atoms in total. The van der Waals surface area contributed by atoms with Crippen molar-refractivity contribution in [3.63, 3.8) is 0 Å². The quantitative estimate of drug-likeness (QED) is 0.747. The lowest BCUT2D eigenvalue weighted by Gasteiger charge is -2.46. The van der Waals surface area contributed by atoms with Gasteiger partial charge in [0.15, 0.2) is 11.5 Å². The maximum absolute atomic E-state index is 12.3. The van der Waals surface area contributed by atoms with E-state index in [9.17, 15) is 9.50 Å². The van der Waals surface area contributed by atoms with Gasteiger partial charge in [-0.15, -0.1) is 0 Å².